The average molecular weight is 496 g/mol. The summed E-state index contributed by atoms with van der Waals surface area (Å²) < 4.78 is 35.8. The van der Waals surface area contributed by atoms with Crippen LogP contribution in [0.1, 0.15) is 12.8 Å². The normalized spacial score (nSPS) is 17.9. The first kappa shape index (κ1) is 22.8. The molecule has 2 heterocycles. The van der Waals surface area contributed by atoms with Crippen molar-refractivity contribution in [3.8, 4) is 5.75 Å². The van der Waals surface area contributed by atoms with Crippen LogP contribution in [0.2, 0.25) is 0 Å². The molecule has 3 aromatic carbocycles. The van der Waals surface area contributed by atoms with E-state index >= 15 is 0 Å². The van der Waals surface area contributed by atoms with Crippen LogP contribution in [0.3, 0.4) is 0 Å². The summed E-state index contributed by atoms with van der Waals surface area (Å²) in [6, 6.07) is 18.6. The molecule has 7 nitrogen and oxygen atoms in total. The van der Waals surface area contributed by atoms with Crippen LogP contribution in [0.5, 0.6) is 5.75 Å². The zero-order valence-corrected chi connectivity index (χ0v) is 20.6. The van der Waals surface area contributed by atoms with Crippen LogP contribution in [-0.4, -0.2) is 43.4 Å². The van der Waals surface area contributed by atoms with E-state index in [1.165, 1.54) is 34.9 Å². The van der Waals surface area contributed by atoms with E-state index in [1.54, 1.807) is 12.1 Å². The molecule has 1 fully saturated rings. The molecule has 1 amide bonds. The minimum Gasteiger partial charge on any atom is -0.497 e. The van der Waals surface area contributed by atoms with Crippen LogP contribution in [-0.2, 0) is 21.9 Å². The van der Waals surface area contributed by atoms with E-state index in [2.05, 4.69) is 23.2 Å². The summed E-state index contributed by atoms with van der Waals surface area (Å²) in [5.74, 6) is -0.154. The van der Waals surface area contributed by atoms with Gasteiger partial charge in [0.1, 0.15) is 5.75 Å². The van der Waals surface area contributed by atoms with Gasteiger partial charge in [0.25, 0.3) is 5.91 Å². The summed E-state index contributed by atoms with van der Waals surface area (Å²) in [6.07, 6.45) is 1.24. The van der Waals surface area contributed by atoms with Crippen molar-refractivity contribution in [1.82, 2.24) is 8.87 Å². The second kappa shape index (κ2) is 8.98. The Morgan fingerprint density at radius 3 is 2.62 bits per heavy atom. The van der Waals surface area contributed by atoms with Gasteiger partial charge in [0, 0.05) is 25.5 Å². The lowest BCUT2D eigenvalue weighted by Crippen LogP contribution is -2.42. The van der Waals surface area contributed by atoms with E-state index in [-0.39, 0.29) is 17.3 Å². The van der Waals surface area contributed by atoms with Crippen molar-refractivity contribution >= 4 is 48.3 Å². The molecule has 1 saturated heterocycles. The largest absolute Gasteiger partial charge is 0.497 e. The fourth-order valence-corrected chi connectivity index (χ4v) is 7.09. The monoisotopic (exact) mass is 495 g/mol. The number of thiazole rings is 1. The Hall–Kier alpha value is -3.01. The van der Waals surface area contributed by atoms with Crippen molar-refractivity contribution < 1.29 is 17.9 Å². The van der Waals surface area contributed by atoms with Gasteiger partial charge in [-0.05, 0) is 48.6 Å². The van der Waals surface area contributed by atoms with Gasteiger partial charge in [-0.25, -0.2) is 8.42 Å². The quantitative estimate of drug-likeness (QED) is 0.430. The number of nitrogens with zero attached hydrogens (tertiary/aromatic N) is 3. The van der Waals surface area contributed by atoms with Gasteiger partial charge in [0.2, 0.25) is 10.0 Å². The maximum Gasteiger partial charge on any atom is 0.252 e. The van der Waals surface area contributed by atoms with Gasteiger partial charge in [-0.2, -0.15) is 9.30 Å². The van der Waals surface area contributed by atoms with Gasteiger partial charge in [-0.15, -0.1) is 0 Å². The van der Waals surface area contributed by atoms with Crippen LogP contribution >= 0.6 is 11.3 Å². The molecule has 1 atom stereocenters. The molecule has 1 aliphatic rings. The molecule has 176 valence electrons. The fraction of sp³-hybridized carbons (Fsp3) is 0.280. The predicted octanol–water partition coefficient (Wildman–Crippen LogP) is 3.93. The van der Waals surface area contributed by atoms with Crippen LogP contribution in [0.4, 0.5) is 0 Å². The van der Waals surface area contributed by atoms with Gasteiger partial charge < -0.3 is 9.30 Å². The molecular weight excluding hydrogens is 470 g/mol. The molecule has 0 aliphatic carbocycles. The Balaban J connectivity index is 1.43. The van der Waals surface area contributed by atoms with Gasteiger partial charge in [-0.1, -0.05) is 41.7 Å². The minimum atomic E-state index is -3.70. The highest BCUT2D eigenvalue weighted by atomic mass is 32.2. The summed E-state index contributed by atoms with van der Waals surface area (Å²) in [5, 5.41) is 2.27. The zero-order chi connectivity index (χ0) is 23.9. The molecule has 0 radical (unpaired) electrons. The second-order valence-electron chi connectivity index (χ2n) is 8.41. The van der Waals surface area contributed by atoms with Gasteiger partial charge in [0.15, 0.2) is 4.80 Å². The third-order valence-corrected chi connectivity index (χ3v) is 9.40. The molecule has 0 saturated carbocycles. The summed E-state index contributed by atoms with van der Waals surface area (Å²) in [7, 11) is -0.260. The molecule has 9 heteroatoms. The summed E-state index contributed by atoms with van der Waals surface area (Å²) in [5.41, 5.74) is 1.02. The number of methoxy groups -OCH3 is 1. The molecule has 4 aromatic rings. The summed E-state index contributed by atoms with van der Waals surface area (Å²) in [4.78, 5) is 18.4. The highest BCUT2D eigenvalue weighted by molar-refractivity contribution is 7.89. The van der Waals surface area contributed by atoms with Crippen LogP contribution in [0.15, 0.2) is 70.6 Å². The summed E-state index contributed by atoms with van der Waals surface area (Å²) >= 11 is 1.48. The van der Waals surface area contributed by atoms with E-state index < -0.39 is 15.9 Å². The van der Waals surface area contributed by atoms with E-state index in [9.17, 15) is 13.2 Å². The van der Waals surface area contributed by atoms with Crippen LogP contribution in [0, 0.1) is 5.92 Å². The first-order valence-corrected chi connectivity index (χ1v) is 13.3. The maximum absolute atomic E-state index is 13.2. The van der Waals surface area contributed by atoms with E-state index in [0.717, 1.165) is 21.0 Å². The van der Waals surface area contributed by atoms with Crippen molar-refractivity contribution in [2.24, 2.45) is 18.0 Å². The zero-order valence-electron chi connectivity index (χ0n) is 19.0. The van der Waals surface area contributed by atoms with Gasteiger partial charge >= 0.3 is 0 Å². The van der Waals surface area contributed by atoms with Crippen molar-refractivity contribution in [3.05, 3.63) is 65.5 Å². The number of ether oxygens (including phenoxy) is 1. The molecular formula is C25H25N3O4S2. The number of piperidine rings is 1. The van der Waals surface area contributed by atoms with Crippen molar-refractivity contribution in [1.29, 1.82) is 0 Å². The molecule has 0 N–H and O–H groups in total. The Labute approximate surface area is 202 Å². The second-order valence-corrected chi connectivity index (χ2v) is 11.3. The lowest BCUT2D eigenvalue weighted by Gasteiger charge is -2.30. The number of amides is 1. The van der Waals surface area contributed by atoms with Gasteiger partial charge in [0.05, 0.1) is 28.1 Å². The van der Waals surface area contributed by atoms with Crippen molar-refractivity contribution in [3.63, 3.8) is 0 Å². The first-order chi connectivity index (χ1) is 16.4. The number of benzene rings is 3. The molecule has 5 rings (SSSR count). The molecule has 0 spiro atoms. The number of carbonyl (C=O) groups excluding carboxylic acids is 1. The average Bonchev–Trinajstić information content (AvgIpc) is 3.19. The first-order valence-electron chi connectivity index (χ1n) is 11.1. The Morgan fingerprint density at radius 1 is 1.09 bits per heavy atom. The lowest BCUT2D eigenvalue weighted by molar-refractivity contribution is -0.122. The highest BCUT2D eigenvalue weighted by Crippen LogP contribution is 2.28. The van der Waals surface area contributed by atoms with Crippen LogP contribution < -0.4 is 9.54 Å². The molecule has 1 aromatic heterocycles. The number of rotatable bonds is 4. The Morgan fingerprint density at radius 2 is 1.85 bits per heavy atom. The number of aromatic nitrogens is 1. The van der Waals surface area contributed by atoms with Crippen LogP contribution in [0.25, 0.3) is 21.0 Å². The maximum atomic E-state index is 13.2. The number of fused-ring (bicyclic) bond motifs is 3. The third-order valence-electron chi connectivity index (χ3n) is 6.34. The molecule has 34 heavy (non-hydrogen) atoms. The van der Waals surface area contributed by atoms with E-state index in [4.69, 9.17) is 4.74 Å². The van der Waals surface area contributed by atoms with Crippen molar-refractivity contribution in [2.75, 3.05) is 20.2 Å². The number of aryl methyl sites for hydroxylation is 1. The number of hydrogen-bond donors (Lipinski definition) is 0. The highest BCUT2D eigenvalue weighted by Gasteiger charge is 2.33. The fourth-order valence-electron chi connectivity index (χ4n) is 4.41. The smallest absolute Gasteiger partial charge is 0.252 e. The number of hydrogen-bond acceptors (Lipinski definition) is 5. The molecule has 1 unspecified atom stereocenters. The summed E-state index contributed by atoms with van der Waals surface area (Å²) in [6.45, 7) is 0.523. The lowest BCUT2D eigenvalue weighted by atomic mass is 9.99. The molecule has 1 aliphatic heterocycles. The minimum absolute atomic E-state index is 0.133. The van der Waals surface area contributed by atoms with Gasteiger partial charge in [-0.3, -0.25) is 4.79 Å². The molecule has 0 bridgehead atoms. The Kier molecular flexibility index (Phi) is 6.01. The standard InChI is InChI=1S/C25H25N3O4S2/c1-27-22-14-9-17-6-3-4-8-21(17)23(22)33-25(27)26-24(29)18-7-5-15-28(16-18)34(30,31)20-12-10-19(32-2)11-13-20/h3-4,6,8-14,18H,5,7,15-16H2,1-2H3. The number of carbonyl (C=O) groups is 1. The topological polar surface area (TPSA) is 81.0 Å². The third kappa shape index (κ3) is 4.04. The van der Waals surface area contributed by atoms with E-state index in [1.807, 2.05) is 29.8 Å². The number of sulfonamides is 1. The van der Waals surface area contributed by atoms with Crippen molar-refractivity contribution in [2.45, 2.75) is 17.7 Å². The van der Waals surface area contributed by atoms with E-state index in [0.29, 0.717) is 29.9 Å². The Bertz CT molecular complexity index is 1550. The SMILES string of the molecule is COc1ccc(S(=O)(=O)N2CCCC(C(=O)N=c3sc4c5ccccc5ccc4n3C)C2)cc1. The predicted molar refractivity (Wildman–Crippen MR) is 133 cm³/mol.